The Morgan fingerprint density at radius 1 is 1.47 bits per heavy atom. The molecule has 1 amide bonds. The summed E-state index contributed by atoms with van der Waals surface area (Å²) in [5.41, 5.74) is 0. The Labute approximate surface area is 114 Å². The van der Waals surface area contributed by atoms with Gasteiger partial charge in [-0.25, -0.2) is 0 Å². The molecule has 0 saturated carbocycles. The molecule has 0 aliphatic carbocycles. The van der Waals surface area contributed by atoms with Gasteiger partial charge in [-0.05, 0) is 25.0 Å². The lowest BCUT2D eigenvalue weighted by molar-refractivity contribution is -0.380. The van der Waals surface area contributed by atoms with E-state index >= 15 is 0 Å². The Kier molecular flexibility index (Phi) is 4.28. The van der Waals surface area contributed by atoms with Crippen LogP contribution in [0.15, 0.2) is 18.2 Å². The standard InChI is InChI=1S/C12H14N2O4S/c15-9-5-7-13(8-6-9)11(16)3-1-10-2-4-12(19-10)14(17)18/h1-4,9,15H,5-8H2/b3-1+. The van der Waals surface area contributed by atoms with Crippen molar-refractivity contribution in [2.75, 3.05) is 13.1 Å². The first-order valence-corrected chi connectivity index (χ1v) is 6.77. The quantitative estimate of drug-likeness (QED) is 0.519. The van der Waals surface area contributed by atoms with E-state index in [9.17, 15) is 20.0 Å². The van der Waals surface area contributed by atoms with Gasteiger partial charge < -0.3 is 10.0 Å². The molecule has 1 aromatic heterocycles. The van der Waals surface area contributed by atoms with Gasteiger partial charge in [0.2, 0.25) is 5.91 Å². The highest BCUT2D eigenvalue weighted by Crippen LogP contribution is 2.24. The summed E-state index contributed by atoms with van der Waals surface area (Å²) in [6, 6.07) is 3.04. The fourth-order valence-corrected chi connectivity index (χ4v) is 2.60. The summed E-state index contributed by atoms with van der Waals surface area (Å²) in [5.74, 6) is -0.122. The number of amides is 1. The molecule has 1 N–H and O–H groups in total. The van der Waals surface area contributed by atoms with E-state index < -0.39 is 4.92 Å². The predicted octanol–water partition coefficient (Wildman–Crippen LogP) is 1.65. The van der Waals surface area contributed by atoms with Crippen LogP contribution in [-0.4, -0.2) is 40.0 Å². The molecular weight excluding hydrogens is 268 g/mol. The van der Waals surface area contributed by atoms with Crippen molar-refractivity contribution in [2.45, 2.75) is 18.9 Å². The van der Waals surface area contributed by atoms with E-state index in [4.69, 9.17) is 0 Å². The number of aliphatic hydroxyl groups is 1. The molecule has 1 aromatic rings. The van der Waals surface area contributed by atoms with E-state index in [1.165, 1.54) is 12.1 Å². The van der Waals surface area contributed by atoms with Crippen molar-refractivity contribution in [1.29, 1.82) is 0 Å². The SMILES string of the molecule is O=C(/C=C/c1ccc([N+](=O)[O-])s1)N1CCC(O)CC1. The Morgan fingerprint density at radius 3 is 2.74 bits per heavy atom. The van der Waals surface area contributed by atoms with Gasteiger partial charge in [-0.15, -0.1) is 0 Å². The Hall–Kier alpha value is -1.73. The lowest BCUT2D eigenvalue weighted by Gasteiger charge is -2.28. The van der Waals surface area contributed by atoms with Crippen molar-refractivity contribution in [1.82, 2.24) is 4.90 Å². The molecule has 0 bridgehead atoms. The number of carbonyl (C=O) groups excluding carboxylic acids is 1. The van der Waals surface area contributed by atoms with Gasteiger partial charge in [0, 0.05) is 30.1 Å². The van der Waals surface area contributed by atoms with Gasteiger partial charge in [0.25, 0.3) is 0 Å². The summed E-state index contributed by atoms with van der Waals surface area (Å²) < 4.78 is 0. The van der Waals surface area contributed by atoms with Crippen molar-refractivity contribution >= 4 is 28.3 Å². The van der Waals surface area contributed by atoms with E-state index in [-0.39, 0.29) is 17.0 Å². The molecule has 1 fully saturated rings. The molecule has 1 aliphatic rings. The van der Waals surface area contributed by atoms with Crippen molar-refractivity contribution in [2.24, 2.45) is 0 Å². The van der Waals surface area contributed by atoms with Crippen LogP contribution < -0.4 is 0 Å². The normalized spacial score (nSPS) is 17.0. The maximum atomic E-state index is 11.8. The lowest BCUT2D eigenvalue weighted by atomic mass is 10.1. The number of rotatable bonds is 3. The van der Waals surface area contributed by atoms with Crippen LogP contribution in [0.4, 0.5) is 5.00 Å². The second kappa shape index (κ2) is 5.94. The van der Waals surface area contributed by atoms with Gasteiger partial charge in [0.05, 0.1) is 11.0 Å². The van der Waals surface area contributed by atoms with E-state index in [0.717, 1.165) is 11.3 Å². The molecule has 2 rings (SSSR count). The summed E-state index contributed by atoms with van der Waals surface area (Å²) in [6.45, 7) is 1.10. The summed E-state index contributed by atoms with van der Waals surface area (Å²) in [6.07, 6.45) is 3.90. The Morgan fingerprint density at radius 2 is 2.16 bits per heavy atom. The maximum absolute atomic E-state index is 11.8. The number of likely N-dealkylation sites (tertiary alicyclic amines) is 1. The summed E-state index contributed by atoms with van der Waals surface area (Å²) in [5, 5.41) is 19.9. The van der Waals surface area contributed by atoms with E-state index in [2.05, 4.69) is 0 Å². The highest BCUT2D eigenvalue weighted by atomic mass is 32.1. The van der Waals surface area contributed by atoms with Gasteiger partial charge in [-0.1, -0.05) is 11.3 Å². The number of nitro groups is 1. The lowest BCUT2D eigenvalue weighted by Crippen LogP contribution is -2.39. The second-order valence-electron chi connectivity index (χ2n) is 4.32. The highest BCUT2D eigenvalue weighted by Gasteiger charge is 2.19. The first-order chi connectivity index (χ1) is 9.06. The third-order valence-corrected chi connectivity index (χ3v) is 3.96. The van der Waals surface area contributed by atoms with Gasteiger partial charge in [-0.2, -0.15) is 0 Å². The van der Waals surface area contributed by atoms with Crippen LogP contribution in [0.2, 0.25) is 0 Å². The second-order valence-corrected chi connectivity index (χ2v) is 5.42. The number of hydrogen-bond donors (Lipinski definition) is 1. The molecule has 7 heteroatoms. The summed E-state index contributed by atoms with van der Waals surface area (Å²) >= 11 is 1.03. The molecular formula is C12H14N2O4S. The van der Waals surface area contributed by atoms with Crippen LogP contribution in [0.25, 0.3) is 6.08 Å². The molecule has 1 aliphatic heterocycles. The molecule has 19 heavy (non-hydrogen) atoms. The number of aliphatic hydroxyl groups excluding tert-OH is 1. The number of thiophene rings is 1. The molecule has 1 saturated heterocycles. The first-order valence-electron chi connectivity index (χ1n) is 5.95. The third-order valence-electron chi connectivity index (χ3n) is 2.96. The highest BCUT2D eigenvalue weighted by molar-refractivity contribution is 7.16. The third kappa shape index (κ3) is 3.62. The molecule has 0 spiro atoms. The molecule has 102 valence electrons. The Balaban J connectivity index is 1.94. The van der Waals surface area contributed by atoms with Crippen LogP contribution in [0.1, 0.15) is 17.7 Å². The van der Waals surface area contributed by atoms with Crippen LogP contribution in [0, 0.1) is 10.1 Å². The minimum atomic E-state index is -0.449. The van der Waals surface area contributed by atoms with Crippen LogP contribution in [-0.2, 0) is 4.79 Å². The molecule has 6 nitrogen and oxygen atoms in total. The minimum absolute atomic E-state index is 0.0631. The molecule has 2 heterocycles. The fraction of sp³-hybridized carbons (Fsp3) is 0.417. The predicted molar refractivity (Wildman–Crippen MR) is 71.8 cm³/mol. The van der Waals surface area contributed by atoms with Gasteiger partial charge in [0.15, 0.2) is 0 Å². The van der Waals surface area contributed by atoms with Crippen molar-refractivity contribution in [3.8, 4) is 0 Å². The zero-order chi connectivity index (χ0) is 13.8. The smallest absolute Gasteiger partial charge is 0.324 e. The van der Waals surface area contributed by atoms with Crippen molar-refractivity contribution in [3.63, 3.8) is 0 Å². The Bertz CT molecular complexity index is 504. The van der Waals surface area contributed by atoms with E-state index in [0.29, 0.717) is 30.8 Å². The monoisotopic (exact) mass is 282 g/mol. The fourth-order valence-electron chi connectivity index (χ4n) is 1.87. The zero-order valence-corrected chi connectivity index (χ0v) is 11.0. The number of nitrogens with zero attached hydrogens (tertiary/aromatic N) is 2. The zero-order valence-electron chi connectivity index (χ0n) is 10.2. The first kappa shape index (κ1) is 13.7. The number of piperidine rings is 1. The van der Waals surface area contributed by atoms with E-state index in [1.54, 1.807) is 17.0 Å². The largest absolute Gasteiger partial charge is 0.393 e. The molecule has 0 radical (unpaired) electrons. The minimum Gasteiger partial charge on any atom is -0.393 e. The summed E-state index contributed by atoms with van der Waals surface area (Å²) in [7, 11) is 0. The molecule has 0 aromatic carbocycles. The van der Waals surface area contributed by atoms with Crippen LogP contribution in [0.5, 0.6) is 0 Å². The number of hydrogen-bond acceptors (Lipinski definition) is 5. The average molecular weight is 282 g/mol. The summed E-state index contributed by atoms with van der Waals surface area (Å²) in [4.78, 5) is 24.3. The van der Waals surface area contributed by atoms with Crippen molar-refractivity contribution in [3.05, 3.63) is 33.2 Å². The van der Waals surface area contributed by atoms with Crippen LogP contribution >= 0.6 is 11.3 Å². The van der Waals surface area contributed by atoms with Gasteiger partial charge >= 0.3 is 5.00 Å². The molecule has 0 atom stereocenters. The maximum Gasteiger partial charge on any atom is 0.324 e. The number of carbonyl (C=O) groups is 1. The van der Waals surface area contributed by atoms with Crippen LogP contribution in [0.3, 0.4) is 0 Å². The topological polar surface area (TPSA) is 83.7 Å². The van der Waals surface area contributed by atoms with Gasteiger partial charge in [-0.3, -0.25) is 14.9 Å². The van der Waals surface area contributed by atoms with Crippen molar-refractivity contribution < 1.29 is 14.8 Å². The van der Waals surface area contributed by atoms with Gasteiger partial charge in [0.1, 0.15) is 0 Å². The molecule has 0 unspecified atom stereocenters. The average Bonchev–Trinajstić information content (AvgIpc) is 2.86. The van der Waals surface area contributed by atoms with E-state index in [1.807, 2.05) is 0 Å².